The third kappa shape index (κ3) is 3.97. The highest BCUT2D eigenvalue weighted by Gasteiger charge is 2.50. The smallest absolute Gasteiger partial charge is 0.337 e. The molecule has 4 fully saturated rings. The highest BCUT2D eigenvalue weighted by Crippen LogP contribution is 2.54. The molecule has 0 bridgehead atoms. The van der Waals surface area contributed by atoms with Crippen molar-refractivity contribution in [3.05, 3.63) is 65.2 Å². The average Bonchev–Trinajstić information content (AvgIpc) is 3.59. The third-order valence-electron chi connectivity index (χ3n) is 8.95. The molecule has 2 saturated carbocycles. The van der Waals surface area contributed by atoms with Crippen LogP contribution in [0.15, 0.2) is 48.5 Å². The van der Waals surface area contributed by atoms with Crippen molar-refractivity contribution in [3.8, 4) is 0 Å². The molecule has 0 N–H and O–H groups in total. The number of carbonyl (C=O) groups is 1. The van der Waals surface area contributed by atoms with Crippen LogP contribution in [-0.2, 0) is 4.74 Å². The van der Waals surface area contributed by atoms with Crippen LogP contribution in [0.2, 0.25) is 0 Å². The second kappa shape index (κ2) is 8.47. The third-order valence-corrected chi connectivity index (χ3v) is 8.95. The van der Waals surface area contributed by atoms with Gasteiger partial charge in [0.2, 0.25) is 0 Å². The van der Waals surface area contributed by atoms with Crippen molar-refractivity contribution >= 4 is 11.7 Å². The molecule has 0 radical (unpaired) electrons. The van der Waals surface area contributed by atoms with Crippen molar-refractivity contribution in [2.45, 2.75) is 69.4 Å². The summed E-state index contributed by atoms with van der Waals surface area (Å²) >= 11 is 0. The summed E-state index contributed by atoms with van der Waals surface area (Å²) in [6, 6.07) is 18.7. The number of anilines is 1. The number of carbonyl (C=O) groups excluding carboxylic acids is 1. The molecular formula is C29H36N2O2. The molecule has 2 aromatic carbocycles. The Balaban J connectivity index is 1.07. The molecule has 0 unspecified atom stereocenters. The summed E-state index contributed by atoms with van der Waals surface area (Å²) in [6.07, 6.45) is 10.8. The first-order chi connectivity index (χ1) is 16.2. The summed E-state index contributed by atoms with van der Waals surface area (Å²) < 4.78 is 4.82. The van der Waals surface area contributed by atoms with E-state index >= 15 is 0 Å². The van der Waals surface area contributed by atoms with E-state index in [-0.39, 0.29) is 5.97 Å². The summed E-state index contributed by atoms with van der Waals surface area (Å²) in [7, 11) is 1.43. The minimum absolute atomic E-state index is 0.264. The second-order valence-corrected chi connectivity index (χ2v) is 10.9. The summed E-state index contributed by atoms with van der Waals surface area (Å²) in [4.78, 5) is 17.1. The number of nitrogens with zero attached hydrogens (tertiary/aromatic N) is 2. The van der Waals surface area contributed by atoms with Crippen LogP contribution in [0.25, 0.3) is 0 Å². The maximum Gasteiger partial charge on any atom is 0.337 e. The molecule has 2 aliphatic carbocycles. The van der Waals surface area contributed by atoms with Gasteiger partial charge in [0.1, 0.15) is 0 Å². The van der Waals surface area contributed by atoms with Crippen LogP contribution in [0.5, 0.6) is 0 Å². The lowest BCUT2D eigenvalue weighted by Crippen LogP contribution is -2.54. The lowest BCUT2D eigenvalue weighted by atomic mass is 9.59. The van der Waals surface area contributed by atoms with Gasteiger partial charge in [0.25, 0.3) is 0 Å². The Morgan fingerprint density at radius 3 is 2.27 bits per heavy atom. The number of methoxy groups -OCH3 is 1. The fraction of sp³-hybridized carbons (Fsp3) is 0.552. The number of rotatable bonds is 5. The molecule has 4 heteroatoms. The van der Waals surface area contributed by atoms with E-state index in [1.807, 2.05) is 12.1 Å². The van der Waals surface area contributed by atoms with Gasteiger partial charge >= 0.3 is 5.97 Å². The van der Waals surface area contributed by atoms with Crippen molar-refractivity contribution < 1.29 is 9.53 Å². The van der Waals surface area contributed by atoms with Gasteiger partial charge in [-0.1, -0.05) is 24.3 Å². The van der Waals surface area contributed by atoms with E-state index in [4.69, 9.17) is 4.74 Å². The molecule has 2 saturated heterocycles. The van der Waals surface area contributed by atoms with Crippen LogP contribution in [0, 0.1) is 5.41 Å². The summed E-state index contributed by atoms with van der Waals surface area (Å²) in [5.41, 5.74) is 5.69. The van der Waals surface area contributed by atoms with Crippen LogP contribution in [0.1, 0.15) is 84.8 Å². The zero-order valence-electron chi connectivity index (χ0n) is 19.8. The fourth-order valence-electron chi connectivity index (χ4n) is 6.89. The lowest BCUT2D eigenvalue weighted by molar-refractivity contribution is -0.0227. The number of ether oxygens (including phenoxy) is 1. The van der Waals surface area contributed by atoms with Gasteiger partial charge in [-0.25, -0.2) is 4.79 Å². The van der Waals surface area contributed by atoms with Crippen LogP contribution in [-0.4, -0.2) is 43.7 Å². The number of piperidine rings is 1. The van der Waals surface area contributed by atoms with Crippen molar-refractivity contribution in [2.24, 2.45) is 5.41 Å². The Bertz CT molecular complexity index is 997. The topological polar surface area (TPSA) is 32.8 Å². The molecule has 4 aliphatic rings. The standard InChI is InChI=1S/C29H36N2O2/c1-33-28(32)22-10-12-23(13-11-22)30-17-14-29(15-18-30)19-24(20-29)31-16-4-7-27(31)26-6-3-2-5-25(26)21-8-9-21/h2-3,5-6,10-13,21,24,27H,4,7-9,14-20H2,1H3/t27-/m0/s1. The number of likely N-dealkylation sites (tertiary alicyclic amines) is 1. The summed E-state index contributed by atoms with van der Waals surface area (Å²) in [5, 5.41) is 0. The molecule has 0 aromatic heterocycles. The maximum absolute atomic E-state index is 11.7. The highest BCUT2D eigenvalue weighted by molar-refractivity contribution is 5.89. The minimum atomic E-state index is -0.264. The number of esters is 1. The van der Waals surface area contributed by atoms with Crippen molar-refractivity contribution in [1.82, 2.24) is 4.90 Å². The predicted octanol–water partition coefficient (Wildman–Crippen LogP) is 5.94. The molecule has 1 spiro atoms. The first kappa shape index (κ1) is 21.2. The van der Waals surface area contributed by atoms with Gasteiger partial charge in [0.05, 0.1) is 12.7 Å². The molecular weight excluding hydrogens is 408 g/mol. The van der Waals surface area contributed by atoms with E-state index in [0.29, 0.717) is 17.0 Å². The van der Waals surface area contributed by atoms with Crippen LogP contribution >= 0.6 is 0 Å². The van der Waals surface area contributed by atoms with Crippen molar-refractivity contribution in [3.63, 3.8) is 0 Å². The van der Waals surface area contributed by atoms with Gasteiger partial charge in [-0.2, -0.15) is 0 Å². The fourth-order valence-corrected chi connectivity index (χ4v) is 6.89. The largest absolute Gasteiger partial charge is 0.465 e. The normalized spacial score (nSPS) is 25.2. The van der Waals surface area contributed by atoms with Gasteiger partial charge < -0.3 is 9.64 Å². The Hall–Kier alpha value is -2.33. The van der Waals surface area contributed by atoms with E-state index in [1.165, 1.54) is 70.7 Å². The van der Waals surface area contributed by atoms with E-state index in [1.54, 1.807) is 11.1 Å². The van der Waals surface area contributed by atoms with Crippen LogP contribution in [0.3, 0.4) is 0 Å². The predicted molar refractivity (Wildman–Crippen MR) is 132 cm³/mol. The second-order valence-electron chi connectivity index (χ2n) is 10.9. The Kier molecular flexibility index (Phi) is 5.44. The quantitative estimate of drug-likeness (QED) is 0.535. The average molecular weight is 445 g/mol. The SMILES string of the molecule is COC(=O)c1ccc(N2CCC3(CC2)CC(N2CCC[C@H]2c2ccccc2C2CC2)C3)cc1. The van der Waals surface area contributed by atoms with Gasteiger partial charge in [-0.05, 0) is 105 Å². The van der Waals surface area contributed by atoms with Crippen LogP contribution in [0.4, 0.5) is 5.69 Å². The maximum atomic E-state index is 11.7. The number of hydrogen-bond acceptors (Lipinski definition) is 4. The summed E-state index contributed by atoms with van der Waals surface area (Å²) in [6.45, 7) is 3.53. The number of hydrogen-bond donors (Lipinski definition) is 0. The first-order valence-corrected chi connectivity index (χ1v) is 12.9. The highest BCUT2D eigenvalue weighted by atomic mass is 16.5. The van der Waals surface area contributed by atoms with E-state index < -0.39 is 0 Å². The molecule has 33 heavy (non-hydrogen) atoms. The Labute approximate surface area is 197 Å². The van der Waals surface area contributed by atoms with Gasteiger partial charge in [-0.3, -0.25) is 4.90 Å². The van der Waals surface area contributed by atoms with Crippen molar-refractivity contribution in [1.29, 1.82) is 0 Å². The van der Waals surface area contributed by atoms with Gasteiger partial charge in [-0.15, -0.1) is 0 Å². The first-order valence-electron chi connectivity index (χ1n) is 12.9. The molecule has 2 aromatic rings. The van der Waals surface area contributed by atoms with E-state index in [9.17, 15) is 4.79 Å². The molecule has 2 aliphatic heterocycles. The zero-order valence-corrected chi connectivity index (χ0v) is 19.8. The van der Waals surface area contributed by atoms with E-state index in [0.717, 1.165) is 25.0 Å². The van der Waals surface area contributed by atoms with Crippen LogP contribution < -0.4 is 4.90 Å². The molecule has 1 atom stereocenters. The van der Waals surface area contributed by atoms with Crippen molar-refractivity contribution in [2.75, 3.05) is 31.6 Å². The Morgan fingerprint density at radius 1 is 0.909 bits per heavy atom. The Morgan fingerprint density at radius 2 is 1.61 bits per heavy atom. The van der Waals surface area contributed by atoms with Gasteiger partial charge in [0, 0.05) is 30.9 Å². The summed E-state index contributed by atoms with van der Waals surface area (Å²) in [5.74, 6) is 0.571. The van der Waals surface area contributed by atoms with Gasteiger partial charge in [0.15, 0.2) is 0 Å². The molecule has 2 heterocycles. The number of benzene rings is 2. The van der Waals surface area contributed by atoms with E-state index in [2.05, 4.69) is 46.2 Å². The molecule has 174 valence electrons. The molecule has 6 rings (SSSR count). The lowest BCUT2D eigenvalue weighted by Gasteiger charge is -2.56. The molecule has 4 nitrogen and oxygen atoms in total. The minimum Gasteiger partial charge on any atom is -0.465 e. The molecule has 0 amide bonds. The zero-order chi connectivity index (χ0) is 22.4. The monoisotopic (exact) mass is 444 g/mol.